The summed E-state index contributed by atoms with van der Waals surface area (Å²) in [6.07, 6.45) is -1.28. The third kappa shape index (κ3) is 4.59. The number of carboxylic acid groups (broad SMARTS) is 1. The summed E-state index contributed by atoms with van der Waals surface area (Å²) in [6, 6.07) is 4.03. The molecular weight excluding hydrogens is 252 g/mol. The molecule has 0 fully saturated rings. The minimum atomic E-state index is -1.70. The summed E-state index contributed by atoms with van der Waals surface area (Å²) in [4.78, 5) is 21.9. The van der Waals surface area contributed by atoms with Gasteiger partial charge in [-0.1, -0.05) is 6.07 Å². The Balaban J connectivity index is 2.79. The molecule has 6 heteroatoms. The van der Waals surface area contributed by atoms with Crippen molar-refractivity contribution >= 4 is 11.9 Å². The van der Waals surface area contributed by atoms with E-state index in [0.717, 1.165) is 0 Å². The van der Waals surface area contributed by atoms with Crippen LogP contribution >= 0.6 is 0 Å². The number of rotatable bonds is 6. The molecule has 0 aliphatic heterocycles. The van der Waals surface area contributed by atoms with Crippen LogP contribution in [0.15, 0.2) is 18.2 Å². The Morgan fingerprint density at radius 3 is 2.58 bits per heavy atom. The molecular formula is C13H16O6. The van der Waals surface area contributed by atoms with Crippen LogP contribution in [0.4, 0.5) is 0 Å². The molecule has 0 bridgehead atoms. The maximum absolute atomic E-state index is 11.2. The predicted octanol–water partition coefficient (Wildman–Crippen LogP) is 1.01. The number of ether oxygens (including phenoxy) is 1. The average Bonchev–Trinajstić information content (AvgIpc) is 2.35. The second kappa shape index (κ2) is 6.75. The first-order valence-electron chi connectivity index (χ1n) is 5.83. The van der Waals surface area contributed by atoms with Crippen LogP contribution in [0.25, 0.3) is 0 Å². The number of aliphatic hydroxyl groups is 1. The molecule has 0 amide bonds. The number of phenols is 1. The highest BCUT2D eigenvalue weighted by molar-refractivity contribution is 5.74. The molecule has 0 aromatic heterocycles. The van der Waals surface area contributed by atoms with Crippen molar-refractivity contribution in [1.82, 2.24) is 0 Å². The van der Waals surface area contributed by atoms with E-state index in [9.17, 15) is 19.8 Å². The van der Waals surface area contributed by atoms with Crippen LogP contribution in [0, 0.1) is 0 Å². The van der Waals surface area contributed by atoms with Gasteiger partial charge < -0.3 is 20.1 Å². The molecule has 1 atom stereocenters. The highest BCUT2D eigenvalue weighted by atomic mass is 16.5. The van der Waals surface area contributed by atoms with Crippen molar-refractivity contribution < 1.29 is 29.6 Å². The third-order valence-electron chi connectivity index (χ3n) is 2.47. The minimum Gasteiger partial charge on any atom is -0.508 e. The maximum atomic E-state index is 11.2. The summed E-state index contributed by atoms with van der Waals surface area (Å²) in [7, 11) is 0. The van der Waals surface area contributed by atoms with Gasteiger partial charge >= 0.3 is 11.9 Å². The van der Waals surface area contributed by atoms with E-state index >= 15 is 0 Å². The number of esters is 1. The highest BCUT2D eigenvalue weighted by Crippen LogP contribution is 2.22. The lowest BCUT2D eigenvalue weighted by Crippen LogP contribution is -2.11. The topological polar surface area (TPSA) is 104 Å². The van der Waals surface area contributed by atoms with E-state index in [0.29, 0.717) is 18.6 Å². The predicted molar refractivity (Wildman–Crippen MR) is 65.7 cm³/mol. The van der Waals surface area contributed by atoms with Gasteiger partial charge in [0.15, 0.2) is 6.10 Å². The number of benzene rings is 1. The van der Waals surface area contributed by atoms with Crippen molar-refractivity contribution in [2.24, 2.45) is 0 Å². The lowest BCUT2D eigenvalue weighted by molar-refractivity contribution is -0.147. The van der Waals surface area contributed by atoms with E-state index in [-0.39, 0.29) is 23.7 Å². The fraction of sp³-hybridized carbons (Fsp3) is 0.385. The second-order valence-corrected chi connectivity index (χ2v) is 3.98. The fourth-order valence-corrected chi connectivity index (χ4v) is 1.62. The molecule has 0 saturated carbocycles. The van der Waals surface area contributed by atoms with Crippen molar-refractivity contribution in [3.63, 3.8) is 0 Å². The Labute approximate surface area is 110 Å². The quantitative estimate of drug-likeness (QED) is 0.665. The number of carboxylic acids is 1. The van der Waals surface area contributed by atoms with Gasteiger partial charge in [-0.05, 0) is 36.6 Å². The molecule has 0 aliphatic rings. The van der Waals surface area contributed by atoms with Gasteiger partial charge in [0.1, 0.15) is 5.75 Å². The standard InChI is InChI=1S/C13H16O6/c1-2-19-11(15)4-3-8-5-9(7-10(14)6-8)12(16)13(17)18/h5-7,12,14,16H,2-4H2,1H3,(H,17,18). The number of aryl methyl sites for hydroxylation is 1. The largest absolute Gasteiger partial charge is 0.508 e. The molecule has 104 valence electrons. The van der Waals surface area contributed by atoms with Gasteiger partial charge in [-0.25, -0.2) is 4.79 Å². The third-order valence-corrected chi connectivity index (χ3v) is 2.47. The van der Waals surface area contributed by atoms with E-state index in [1.54, 1.807) is 6.92 Å². The number of hydrogen-bond acceptors (Lipinski definition) is 5. The zero-order chi connectivity index (χ0) is 14.4. The molecule has 0 heterocycles. The SMILES string of the molecule is CCOC(=O)CCc1cc(O)cc(C(O)C(=O)O)c1. The normalized spacial score (nSPS) is 11.9. The zero-order valence-corrected chi connectivity index (χ0v) is 10.5. The molecule has 0 saturated heterocycles. The first-order valence-corrected chi connectivity index (χ1v) is 5.83. The Hall–Kier alpha value is -2.08. The smallest absolute Gasteiger partial charge is 0.337 e. The van der Waals surface area contributed by atoms with Crippen LogP contribution in [0.2, 0.25) is 0 Å². The molecule has 1 unspecified atom stereocenters. The van der Waals surface area contributed by atoms with Crippen LogP contribution in [0.5, 0.6) is 5.75 Å². The monoisotopic (exact) mass is 268 g/mol. The van der Waals surface area contributed by atoms with Crippen molar-refractivity contribution in [3.8, 4) is 5.75 Å². The van der Waals surface area contributed by atoms with Crippen molar-refractivity contribution in [1.29, 1.82) is 0 Å². The maximum Gasteiger partial charge on any atom is 0.337 e. The summed E-state index contributed by atoms with van der Waals surface area (Å²) in [5.41, 5.74) is 0.634. The zero-order valence-electron chi connectivity index (χ0n) is 10.5. The van der Waals surface area contributed by atoms with E-state index < -0.39 is 12.1 Å². The molecule has 1 aromatic carbocycles. The number of hydrogen-bond donors (Lipinski definition) is 3. The Kier molecular flexibility index (Phi) is 5.32. The Morgan fingerprint density at radius 1 is 1.32 bits per heavy atom. The van der Waals surface area contributed by atoms with Crippen LogP contribution in [0.1, 0.15) is 30.6 Å². The van der Waals surface area contributed by atoms with Gasteiger partial charge in [0.2, 0.25) is 0 Å². The molecule has 19 heavy (non-hydrogen) atoms. The first kappa shape index (κ1) is 15.0. The summed E-state index contributed by atoms with van der Waals surface area (Å²) >= 11 is 0. The van der Waals surface area contributed by atoms with Gasteiger partial charge in [0.05, 0.1) is 6.61 Å². The van der Waals surface area contributed by atoms with E-state index in [4.69, 9.17) is 9.84 Å². The van der Waals surface area contributed by atoms with Crippen LogP contribution in [0.3, 0.4) is 0 Å². The van der Waals surface area contributed by atoms with Crippen molar-refractivity contribution in [2.45, 2.75) is 25.9 Å². The van der Waals surface area contributed by atoms with Crippen molar-refractivity contribution in [3.05, 3.63) is 29.3 Å². The van der Waals surface area contributed by atoms with Crippen LogP contribution in [-0.2, 0) is 20.7 Å². The molecule has 0 spiro atoms. The Bertz CT molecular complexity index is 468. The van der Waals surface area contributed by atoms with Gasteiger partial charge in [-0.3, -0.25) is 4.79 Å². The molecule has 1 aromatic rings. The molecule has 6 nitrogen and oxygen atoms in total. The van der Waals surface area contributed by atoms with E-state index in [1.807, 2.05) is 0 Å². The van der Waals surface area contributed by atoms with E-state index in [1.165, 1.54) is 18.2 Å². The van der Waals surface area contributed by atoms with Gasteiger partial charge in [0.25, 0.3) is 0 Å². The number of aliphatic carboxylic acids is 1. The van der Waals surface area contributed by atoms with Crippen LogP contribution < -0.4 is 0 Å². The summed E-state index contributed by atoms with van der Waals surface area (Å²) < 4.78 is 4.76. The fourth-order valence-electron chi connectivity index (χ4n) is 1.62. The minimum absolute atomic E-state index is 0.0753. The molecule has 3 N–H and O–H groups in total. The van der Waals surface area contributed by atoms with Crippen molar-refractivity contribution in [2.75, 3.05) is 6.61 Å². The van der Waals surface area contributed by atoms with E-state index in [2.05, 4.69) is 0 Å². The molecule has 0 radical (unpaired) electrons. The van der Waals surface area contributed by atoms with Crippen LogP contribution in [-0.4, -0.2) is 33.9 Å². The number of aromatic hydroxyl groups is 1. The second-order valence-electron chi connectivity index (χ2n) is 3.98. The summed E-state index contributed by atoms with van der Waals surface area (Å²) in [5.74, 6) is -1.93. The molecule has 1 rings (SSSR count). The Morgan fingerprint density at radius 2 is 2.00 bits per heavy atom. The summed E-state index contributed by atoms with van der Waals surface area (Å²) in [5, 5.41) is 27.6. The van der Waals surface area contributed by atoms with Gasteiger partial charge in [-0.15, -0.1) is 0 Å². The molecule has 0 aliphatic carbocycles. The average molecular weight is 268 g/mol. The lowest BCUT2D eigenvalue weighted by Gasteiger charge is -2.09. The highest BCUT2D eigenvalue weighted by Gasteiger charge is 2.17. The van der Waals surface area contributed by atoms with Gasteiger partial charge in [-0.2, -0.15) is 0 Å². The first-order chi connectivity index (χ1) is 8.93. The number of carbonyl (C=O) groups excluding carboxylic acids is 1. The van der Waals surface area contributed by atoms with Gasteiger partial charge in [0, 0.05) is 6.42 Å². The number of aliphatic hydroxyl groups excluding tert-OH is 1. The summed E-state index contributed by atoms with van der Waals surface area (Å²) in [6.45, 7) is 2.00. The number of phenolic OH excluding ortho intramolecular Hbond substituents is 1. The number of carbonyl (C=O) groups is 2. The lowest BCUT2D eigenvalue weighted by atomic mass is 10.0.